The van der Waals surface area contributed by atoms with Crippen molar-refractivity contribution >= 4 is 27.8 Å². The minimum Gasteiger partial charge on any atom is -0.338 e. The van der Waals surface area contributed by atoms with Crippen LogP contribution in [-0.2, 0) is 0 Å². The summed E-state index contributed by atoms with van der Waals surface area (Å²) in [5.41, 5.74) is 0. The van der Waals surface area contributed by atoms with Crippen molar-refractivity contribution in [3.05, 3.63) is 0 Å². The van der Waals surface area contributed by atoms with E-state index in [1.54, 1.807) is 14.0 Å². The zero-order valence-electron chi connectivity index (χ0n) is 7.35. The summed E-state index contributed by atoms with van der Waals surface area (Å²) in [5.74, 6) is 0.242. The molecule has 0 radical (unpaired) electrons. The van der Waals surface area contributed by atoms with Gasteiger partial charge in [0.1, 0.15) is 5.84 Å². The van der Waals surface area contributed by atoms with Crippen LogP contribution >= 0.6 is 15.9 Å². The lowest BCUT2D eigenvalue weighted by atomic mass is 10.5. The minimum atomic E-state index is -0.219. The van der Waals surface area contributed by atoms with Gasteiger partial charge in [-0.2, -0.15) is 0 Å². The smallest absolute Gasteiger partial charge is 0.322 e. The Hall–Kier alpha value is -0.580. The molecule has 0 fully saturated rings. The zero-order chi connectivity index (χ0) is 9.56. The van der Waals surface area contributed by atoms with E-state index in [9.17, 15) is 4.79 Å². The van der Waals surface area contributed by atoms with Crippen LogP contribution in [0.25, 0.3) is 0 Å². The van der Waals surface area contributed by atoms with Crippen LogP contribution in [0.4, 0.5) is 4.79 Å². The number of hydrogen-bond acceptors (Lipinski definition) is 2. The Morgan fingerprint density at radius 1 is 1.67 bits per heavy atom. The van der Waals surface area contributed by atoms with Crippen molar-refractivity contribution in [1.82, 2.24) is 10.2 Å². The van der Waals surface area contributed by atoms with Crippen LogP contribution in [0.2, 0.25) is 0 Å². The van der Waals surface area contributed by atoms with E-state index in [0.29, 0.717) is 6.54 Å². The quantitative estimate of drug-likeness (QED) is 0.331. The summed E-state index contributed by atoms with van der Waals surface area (Å²) in [5, 5.41) is 10.7. The first-order chi connectivity index (χ1) is 5.59. The molecule has 2 amide bonds. The summed E-state index contributed by atoms with van der Waals surface area (Å²) in [4.78, 5) is 12.4. The van der Waals surface area contributed by atoms with E-state index >= 15 is 0 Å². The van der Waals surface area contributed by atoms with E-state index in [-0.39, 0.29) is 11.9 Å². The minimum absolute atomic E-state index is 0.219. The van der Waals surface area contributed by atoms with Crippen molar-refractivity contribution < 1.29 is 4.79 Å². The summed E-state index contributed by atoms with van der Waals surface area (Å²) in [7, 11) is 1.58. The Balaban J connectivity index is 3.65. The van der Waals surface area contributed by atoms with Crippen LogP contribution in [-0.4, -0.2) is 35.7 Å². The van der Waals surface area contributed by atoms with Gasteiger partial charge in [0.2, 0.25) is 0 Å². The van der Waals surface area contributed by atoms with Crippen molar-refractivity contribution in [1.29, 1.82) is 5.41 Å². The molecule has 0 atom stereocenters. The van der Waals surface area contributed by atoms with Gasteiger partial charge in [-0.1, -0.05) is 15.9 Å². The number of nitrogens with zero attached hydrogens (tertiary/aromatic N) is 1. The van der Waals surface area contributed by atoms with Gasteiger partial charge in [0.15, 0.2) is 0 Å². The highest BCUT2D eigenvalue weighted by Crippen LogP contribution is 1.88. The number of amidine groups is 1. The number of hydrogen-bond donors (Lipinski definition) is 2. The molecule has 12 heavy (non-hydrogen) atoms. The molecule has 2 N–H and O–H groups in total. The maximum Gasteiger partial charge on any atom is 0.322 e. The standard InChI is InChI=1S/C7H14BrN3O/c1-6(9)11(2)7(12)10-5-3-4-8/h9H,3-5H2,1-2H3,(H,10,12). The van der Waals surface area contributed by atoms with Crippen molar-refractivity contribution in [2.75, 3.05) is 18.9 Å². The van der Waals surface area contributed by atoms with E-state index < -0.39 is 0 Å². The second-order valence-corrected chi connectivity index (χ2v) is 3.21. The van der Waals surface area contributed by atoms with Gasteiger partial charge < -0.3 is 5.32 Å². The largest absolute Gasteiger partial charge is 0.338 e. The molecule has 0 aromatic rings. The second kappa shape index (κ2) is 5.99. The van der Waals surface area contributed by atoms with E-state index in [1.807, 2.05) is 0 Å². The fraction of sp³-hybridized carbons (Fsp3) is 0.714. The van der Waals surface area contributed by atoms with E-state index in [1.165, 1.54) is 4.90 Å². The molecular weight excluding hydrogens is 222 g/mol. The third-order valence-electron chi connectivity index (χ3n) is 1.39. The topological polar surface area (TPSA) is 56.2 Å². The number of halogens is 1. The van der Waals surface area contributed by atoms with Gasteiger partial charge in [-0.25, -0.2) is 4.79 Å². The highest BCUT2D eigenvalue weighted by atomic mass is 79.9. The van der Waals surface area contributed by atoms with Gasteiger partial charge in [0.25, 0.3) is 0 Å². The Morgan fingerprint density at radius 2 is 2.25 bits per heavy atom. The monoisotopic (exact) mass is 235 g/mol. The molecule has 5 heteroatoms. The van der Waals surface area contributed by atoms with Crippen molar-refractivity contribution in [3.8, 4) is 0 Å². The normalized spacial score (nSPS) is 9.25. The molecular formula is C7H14BrN3O. The third-order valence-corrected chi connectivity index (χ3v) is 1.96. The number of rotatable bonds is 3. The predicted octanol–water partition coefficient (Wildman–Crippen LogP) is 1.41. The number of carbonyl (C=O) groups is 1. The maximum absolute atomic E-state index is 11.1. The van der Waals surface area contributed by atoms with Crippen LogP contribution in [0.1, 0.15) is 13.3 Å². The van der Waals surface area contributed by atoms with Gasteiger partial charge in [-0.15, -0.1) is 0 Å². The first kappa shape index (κ1) is 11.4. The van der Waals surface area contributed by atoms with Gasteiger partial charge in [0, 0.05) is 18.9 Å². The molecule has 70 valence electrons. The van der Waals surface area contributed by atoms with Gasteiger partial charge in [-0.3, -0.25) is 10.3 Å². The number of amides is 2. The zero-order valence-corrected chi connectivity index (χ0v) is 8.94. The molecule has 0 aliphatic heterocycles. The Bertz CT molecular complexity index is 172. The summed E-state index contributed by atoms with van der Waals surface area (Å²) in [6.45, 7) is 2.21. The number of carbonyl (C=O) groups excluding carboxylic acids is 1. The number of urea groups is 1. The van der Waals surface area contributed by atoms with Crippen LogP contribution in [0.5, 0.6) is 0 Å². The third kappa shape index (κ3) is 4.33. The Morgan fingerprint density at radius 3 is 2.67 bits per heavy atom. The highest BCUT2D eigenvalue weighted by molar-refractivity contribution is 9.09. The summed E-state index contributed by atoms with van der Waals surface area (Å²) >= 11 is 3.26. The van der Waals surface area contributed by atoms with Gasteiger partial charge in [-0.05, 0) is 13.3 Å². The predicted molar refractivity (Wildman–Crippen MR) is 53.0 cm³/mol. The SMILES string of the molecule is CC(=N)N(C)C(=O)NCCCBr. The van der Waals surface area contributed by atoms with E-state index in [2.05, 4.69) is 21.2 Å². The molecule has 0 aliphatic carbocycles. The molecule has 0 aliphatic rings. The first-order valence-corrected chi connectivity index (χ1v) is 4.84. The van der Waals surface area contributed by atoms with Crippen LogP contribution in [0, 0.1) is 5.41 Å². The average Bonchev–Trinajstić information content (AvgIpc) is 2.03. The highest BCUT2D eigenvalue weighted by Gasteiger charge is 2.07. The molecule has 0 aromatic heterocycles. The number of nitrogens with one attached hydrogen (secondary N) is 2. The molecule has 0 rings (SSSR count). The molecule has 0 unspecified atom stereocenters. The van der Waals surface area contributed by atoms with Gasteiger partial charge >= 0.3 is 6.03 Å². The molecule has 0 aromatic carbocycles. The van der Waals surface area contributed by atoms with E-state index in [4.69, 9.17) is 5.41 Å². The maximum atomic E-state index is 11.1. The fourth-order valence-electron chi connectivity index (χ4n) is 0.533. The number of alkyl halides is 1. The van der Waals surface area contributed by atoms with Crippen LogP contribution in [0.3, 0.4) is 0 Å². The molecule has 0 saturated carbocycles. The van der Waals surface area contributed by atoms with Crippen LogP contribution in [0.15, 0.2) is 0 Å². The van der Waals surface area contributed by atoms with Crippen molar-refractivity contribution in [2.45, 2.75) is 13.3 Å². The lowest BCUT2D eigenvalue weighted by molar-refractivity contribution is 0.226. The van der Waals surface area contributed by atoms with Gasteiger partial charge in [0.05, 0.1) is 0 Å². The van der Waals surface area contributed by atoms with Crippen molar-refractivity contribution in [2.24, 2.45) is 0 Å². The summed E-state index contributed by atoms with van der Waals surface area (Å²) < 4.78 is 0. The molecule has 0 heterocycles. The van der Waals surface area contributed by atoms with Crippen LogP contribution < -0.4 is 5.32 Å². The molecule has 0 spiro atoms. The fourth-order valence-corrected chi connectivity index (χ4v) is 0.813. The average molecular weight is 236 g/mol. The summed E-state index contributed by atoms with van der Waals surface area (Å²) in [6, 6.07) is -0.219. The lowest BCUT2D eigenvalue weighted by Gasteiger charge is -2.15. The molecule has 0 saturated heterocycles. The molecule has 0 bridgehead atoms. The summed E-state index contributed by atoms with van der Waals surface area (Å²) in [6.07, 6.45) is 0.899. The lowest BCUT2D eigenvalue weighted by Crippen LogP contribution is -2.40. The second-order valence-electron chi connectivity index (χ2n) is 2.42. The molecule has 4 nitrogen and oxygen atoms in total. The Labute approximate surface area is 81.0 Å². The van der Waals surface area contributed by atoms with E-state index in [0.717, 1.165) is 11.8 Å². The van der Waals surface area contributed by atoms with Crippen molar-refractivity contribution in [3.63, 3.8) is 0 Å². The first-order valence-electron chi connectivity index (χ1n) is 3.72. The Kier molecular flexibility index (Phi) is 5.70.